The first-order valence-electron chi connectivity index (χ1n) is 15.3. The van der Waals surface area contributed by atoms with Gasteiger partial charge in [-0.25, -0.2) is 27.1 Å². The second kappa shape index (κ2) is 12.9. The molecule has 2 aromatic carbocycles. The number of hydrazine groups is 1. The van der Waals surface area contributed by atoms with E-state index in [1.807, 2.05) is 0 Å². The van der Waals surface area contributed by atoms with Crippen LogP contribution in [-0.4, -0.2) is 99.0 Å². The Balaban J connectivity index is 1.43. The monoisotopic (exact) mass is 670 g/mol. The van der Waals surface area contributed by atoms with Crippen molar-refractivity contribution in [1.29, 1.82) is 0 Å². The number of fused-ring (bicyclic) bond motifs is 1. The van der Waals surface area contributed by atoms with Crippen LogP contribution in [0.15, 0.2) is 65.7 Å². The highest BCUT2D eigenvalue weighted by Crippen LogP contribution is 2.51. The number of hydrogen-bond acceptors (Lipinski definition) is 9. The fraction of sp³-hybridized carbons (Fsp3) is 0.406. The van der Waals surface area contributed by atoms with Crippen LogP contribution in [0.4, 0.5) is 10.1 Å². The number of halogens is 2. The lowest BCUT2D eigenvalue weighted by atomic mass is 9.74. The van der Waals surface area contributed by atoms with Gasteiger partial charge in [-0.2, -0.15) is 0 Å². The fourth-order valence-corrected chi connectivity index (χ4v) is 8.25. The number of ether oxygens (including phenoxy) is 1. The number of nitrogens with one attached hydrogen (secondary N) is 1. The second-order valence-corrected chi connectivity index (χ2v) is 13.9. The van der Waals surface area contributed by atoms with E-state index in [1.54, 1.807) is 18.0 Å². The van der Waals surface area contributed by atoms with Gasteiger partial charge < -0.3 is 9.64 Å². The van der Waals surface area contributed by atoms with E-state index in [0.717, 1.165) is 51.2 Å². The minimum atomic E-state index is -4.62. The number of rotatable bonds is 8. The number of pyridine rings is 1. The Morgan fingerprint density at radius 1 is 1.04 bits per heavy atom. The number of piperidine rings is 1. The van der Waals surface area contributed by atoms with E-state index < -0.39 is 33.1 Å². The van der Waals surface area contributed by atoms with Crippen molar-refractivity contribution >= 4 is 39.1 Å². The molecule has 11 nitrogen and oxygen atoms in total. The molecule has 3 aliphatic rings. The van der Waals surface area contributed by atoms with Gasteiger partial charge in [0, 0.05) is 68.7 Å². The average molecular weight is 671 g/mol. The lowest BCUT2D eigenvalue weighted by molar-refractivity contribution is -0.137. The molecule has 3 aliphatic heterocycles. The number of benzene rings is 2. The molecule has 3 aromatic rings. The fourth-order valence-electron chi connectivity index (χ4n) is 6.61. The van der Waals surface area contributed by atoms with Crippen molar-refractivity contribution in [2.24, 2.45) is 0 Å². The van der Waals surface area contributed by atoms with Crippen LogP contribution in [-0.2, 0) is 25.0 Å². The van der Waals surface area contributed by atoms with Crippen molar-refractivity contribution in [2.75, 3.05) is 57.2 Å². The van der Waals surface area contributed by atoms with Gasteiger partial charge in [0.05, 0.1) is 22.2 Å². The van der Waals surface area contributed by atoms with E-state index in [4.69, 9.17) is 16.3 Å². The lowest BCUT2D eigenvalue weighted by Gasteiger charge is -2.42. The normalized spacial score (nSPS) is 21.7. The SMILES string of the molecule is CCOc1ncccc1C1(C(=O)NN2CCC(N3CCN(C)CC3)CC2)C(=O)N(S(=O)(=O)c2ccccc2)c2cc(F)c(Cl)cc21. The zero-order valence-electron chi connectivity index (χ0n) is 25.7. The van der Waals surface area contributed by atoms with Crippen LogP contribution in [0.2, 0.25) is 5.02 Å². The third-order valence-electron chi connectivity index (χ3n) is 9.02. The molecule has 4 heterocycles. The highest BCUT2D eigenvalue weighted by molar-refractivity contribution is 7.93. The van der Waals surface area contributed by atoms with Crippen molar-refractivity contribution in [2.45, 2.75) is 36.1 Å². The van der Waals surface area contributed by atoms with E-state index in [-0.39, 0.29) is 39.2 Å². The van der Waals surface area contributed by atoms with Gasteiger partial charge >= 0.3 is 0 Å². The largest absolute Gasteiger partial charge is 0.478 e. The maximum atomic E-state index is 15.1. The molecule has 1 unspecified atom stereocenters. The summed E-state index contributed by atoms with van der Waals surface area (Å²) in [7, 11) is -2.50. The van der Waals surface area contributed by atoms with Gasteiger partial charge in [-0.1, -0.05) is 35.9 Å². The molecule has 0 radical (unpaired) electrons. The van der Waals surface area contributed by atoms with E-state index in [2.05, 4.69) is 27.3 Å². The van der Waals surface area contributed by atoms with Crippen LogP contribution in [0.1, 0.15) is 30.9 Å². The first-order valence-corrected chi connectivity index (χ1v) is 17.1. The Labute approximate surface area is 272 Å². The van der Waals surface area contributed by atoms with E-state index in [0.29, 0.717) is 23.4 Å². The molecule has 46 heavy (non-hydrogen) atoms. The second-order valence-electron chi connectivity index (χ2n) is 11.7. The summed E-state index contributed by atoms with van der Waals surface area (Å²) in [6, 6.07) is 12.7. The standard InChI is InChI=1S/C32H36ClFN6O5S/c1-3-45-29-24(10-7-13-35-29)32(30(41)36-39-14-11-22(12-15-39)38-18-16-37(2)17-19-38)25-20-26(33)27(34)21-28(25)40(31(32)42)46(43,44)23-8-5-4-6-9-23/h4-10,13,20-22H,3,11-12,14-19H2,1-2H3,(H,36,41). The third-order valence-corrected chi connectivity index (χ3v) is 11.0. The molecule has 6 rings (SSSR count). The number of carbonyl (C=O) groups excluding carboxylic acids is 2. The van der Waals surface area contributed by atoms with Crippen LogP contribution in [0, 0.1) is 5.82 Å². The number of amides is 2. The van der Waals surface area contributed by atoms with Gasteiger partial charge in [-0.05, 0) is 51.1 Å². The number of likely N-dealkylation sites (N-methyl/N-ethyl adjacent to an activating group) is 1. The Hall–Kier alpha value is -3.62. The lowest BCUT2D eigenvalue weighted by Crippen LogP contribution is -2.59. The molecular weight excluding hydrogens is 635 g/mol. The molecule has 244 valence electrons. The number of aromatic nitrogens is 1. The van der Waals surface area contributed by atoms with Crippen molar-refractivity contribution in [3.8, 4) is 5.88 Å². The van der Waals surface area contributed by atoms with Crippen molar-refractivity contribution in [3.63, 3.8) is 0 Å². The number of anilines is 1. The van der Waals surface area contributed by atoms with Crippen molar-refractivity contribution in [3.05, 3.63) is 82.8 Å². The van der Waals surface area contributed by atoms with Gasteiger partial charge in [-0.15, -0.1) is 0 Å². The van der Waals surface area contributed by atoms with Crippen molar-refractivity contribution in [1.82, 2.24) is 25.2 Å². The smallest absolute Gasteiger partial charge is 0.270 e. The third kappa shape index (κ3) is 5.53. The summed E-state index contributed by atoms with van der Waals surface area (Å²) < 4.78 is 49.6. The molecule has 1 N–H and O–H groups in total. The van der Waals surface area contributed by atoms with Crippen LogP contribution < -0.4 is 14.5 Å². The molecule has 2 amide bonds. The number of sulfonamides is 1. The van der Waals surface area contributed by atoms with Gasteiger partial charge in [-0.3, -0.25) is 19.9 Å². The Bertz CT molecular complexity index is 1730. The molecule has 0 saturated carbocycles. The molecule has 14 heteroatoms. The molecule has 2 saturated heterocycles. The number of hydrogen-bond donors (Lipinski definition) is 1. The topological polar surface area (TPSA) is 115 Å². The number of nitrogens with zero attached hydrogens (tertiary/aromatic N) is 5. The Morgan fingerprint density at radius 2 is 1.74 bits per heavy atom. The zero-order valence-corrected chi connectivity index (χ0v) is 27.2. The average Bonchev–Trinajstić information content (AvgIpc) is 3.31. The molecule has 0 bridgehead atoms. The summed E-state index contributed by atoms with van der Waals surface area (Å²) in [4.78, 5) is 38.5. The molecule has 2 fully saturated rings. The minimum Gasteiger partial charge on any atom is -0.478 e. The molecule has 0 spiro atoms. The van der Waals surface area contributed by atoms with Crippen LogP contribution in [0.25, 0.3) is 0 Å². The summed E-state index contributed by atoms with van der Waals surface area (Å²) in [5, 5.41) is 1.37. The zero-order chi connectivity index (χ0) is 32.6. The van der Waals surface area contributed by atoms with E-state index in [9.17, 15) is 18.0 Å². The van der Waals surface area contributed by atoms with Gasteiger partial charge in [0.15, 0.2) is 5.41 Å². The Morgan fingerprint density at radius 3 is 2.41 bits per heavy atom. The van der Waals surface area contributed by atoms with E-state index >= 15 is 4.39 Å². The number of piperazine rings is 1. The molecule has 1 aromatic heterocycles. The molecule has 0 aliphatic carbocycles. The highest BCUT2D eigenvalue weighted by atomic mass is 35.5. The summed E-state index contributed by atoms with van der Waals surface area (Å²) in [6.07, 6.45) is 3.04. The van der Waals surface area contributed by atoms with Crippen molar-refractivity contribution < 1.29 is 27.1 Å². The van der Waals surface area contributed by atoms with Crippen LogP contribution in [0.5, 0.6) is 5.88 Å². The summed E-state index contributed by atoms with van der Waals surface area (Å²) >= 11 is 6.28. The maximum Gasteiger partial charge on any atom is 0.270 e. The number of carbonyl (C=O) groups is 2. The molecule has 1 atom stereocenters. The first-order chi connectivity index (χ1) is 22.1. The quantitative estimate of drug-likeness (QED) is 0.361. The summed E-state index contributed by atoms with van der Waals surface area (Å²) in [6.45, 7) is 6.86. The van der Waals surface area contributed by atoms with Crippen LogP contribution in [0.3, 0.4) is 0 Å². The summed E-state index contributed by atoms with van der Waals surface area (Å²) in [5.74, 6) is -2.92. The van der Waals surface area contributed by atoms with Crippen LogP contribution >= 0.6 is 11.6 Å². The van der Waals surface area contributed by atoms with Gasteiger partial charge in [0.2, 0.25) is 5.88 Å². The van der Waals surface area contributed by atoms with Gasteiger partial charge in [0.1, 0.15) is 5.82 Å². The minimum absolute atomic E-state index is 0.0151. The Kier molecular flexibility index (Phi) is 9.05. The summed E-state index contributed by atoms with van der Waals surface area (Å²) in [5.41, 5.74) is 0.197. The maximum absolute atomic E-state index is 15.1. The highest BCUT2D eigenvalue weighted by Gasteiger charge is 2.62. The molecular formula is C32H36ClFN6O5S. The predicted molar refractivity (Wildman–Crippen MR) is 171 cm³/mol. The predicted octanol–water partition coefficient (Wildman–Crippen LogP) is 3.04. The van der Waals surface area contributed by atoms with E-state index in [1.165, 1.54) is 42.6 Å². The van der Waals surface area contributed by atoms with Gasteiger partial charge in [0.25, 0.3) is 21.8 Å². The first kappa shape index (κ1) is 32.3.